The summed E-state index contributed by atoms with van der Waals surface area (Å²) in [5.74, 6) is 0.664. The van der Waals surface area contributed by atoms with Crippen molar-refractivity contribution in [3.63, 3.8) is 0 Å². The highest BCUT2D eigenvalue weighted by Crippen LogP contribution is 2.37. The van der Waals surface area contributed by atoms with Gasteiger partial charge in [0.1, 0.15) is 5.69 Å². The van der Waals surface area contributed by atoms with Crippen LogP contribution in [0, 0.1) is 22.0 Å². The molecular weight excluding hydrogens is 448 g/mol. The lowest BCUT2D eigenvalue weighted by atomic mass is 9.94. The normalized spacial score (nSPS) is 21.6. The van der Waals surface area contributed by atoms with E-state index in [-0.39, 0.29) is 41.5 Å². The molecule has 1 unspecified atom stereocenters. The number of anilines is 1. The third-order valence-electron chi connectivity index (χ3n) is 7.20. The first-order valence-electron chi connectivity index (χ1n) is 11.6. The maximum absolute atomic E-state index is 12.9. The van der Waals surface area contributed by atoms with Gasteiger partial charge in [0, 0.05) is 51.3 Å². The van der Waals surface area contributed by atoms with Gasteiger partial charge in [-0.15, -0.1) is 0 Å². The minimum absolute atomic E-state index is 0.0828. The summed E-state index contributed by atoms with van der Waals surface area (Å²) in [5.41, 5.74) is 0.167. The highest BCUT2D eigenvalue weighted by Gasteiger charge is 2.36. The minimum Gasteiger partial charge on any atom is -0.379 e. The van der Waals surface area contributed by atoms with E-state index in [0.717, 1.165) is 6.07 Å². The summed E-state index contributed by atoms with van der Waals surface area (Å²) >= 11 is 0. The SMILES string of the molecule is CC(C1CC1)N(C)C(=O)C1CCN(c2ccc(S(=O)(=O)N3CCOCC3)cc2[N+](=O)[O-])CC1. The zero-order valence-electron chi connectivity index (χ0n) is 19.2. The van der Waals surface area contributed by atoms with E-state index < -0.39 is 14.9 Å². The van der Waals surface area contributed by atoms with Crippen molar-refractivity contribution >= 4 is 27.3 Å². The van der Waals surface area contributed by atoms with Crippen molar-refractivity contribution in [1.82, 2.24) is 9.21 Å². The van der Waals surface area contributed by atoms with Gasteiger partial charge in [-0.1, -0.05) is 0 Å². The molecule has 0 radical (unpaired) electrons. The quantitative estimate of drug-likeness (QED) is 0.434. The van der Waals surface area contributed by atoms with Gasteiger partial charge in [-0.2, -0.15) is 4.31 Å². The molecule has 182 valence electrons. The second-order valence-corrected chi connectivity index (χ2v) is 11.2. The molecule has 3 fully saturated rings. The van der Waals surface area contributed by atoms with E-state index >= 15 is 0 Å². The molecule has 3 aliphatic rings. The summed E-state index contributed by atoms with van der Waals surface area (Å²) < 4.78 is 32.4. The summed E-state index contributed by atoms with van der Waals surface area (Å²) in [6, 6.07) is 4.37. The van der Waals surface area contributed by atoms with Crippen LogP contribution in [0.25, 0.3) is 0 Å². The van der Waals surface area contributed by atoms with Crippen LogP contribution in [0.2, 0.25) is 0 Å². The van der Waals surface area contributed by atoms with Gasteiger partial charge in [0.05, 0.1) is 23.0 Å². The third kappa shape index (κ3) is 4.99. The Morgan fingerprint density at radius 1 is 1.15 bits per heavy atom. The van der Waals surface area contributed by atoms with E-state index in [2.05, 4.69) is 6.92 Å². The monoisotopic (exact) mass is 480 g/mol. The number of nitro groups is 1. The third-order valence-corrected chi connectivity index (χ3v) is 9.09. The average molecular weight is 481 g/mol. The van der Waals surface area contributed by atoms with E-state index in [1.54, 1.807) is 0 Å². The second kappa shape index (κ2) is 9.55. The molecule has 0 bridgehead atoms. The predicted molar refractivity (Wildman–Crippen MR) is 123 cm³/mol. The number of hydrogen-bond donors (Lipinski definition) is 0. The fraction of sp³-hybridized carbons (Fsp3) is 0.682. The van der Waals surface area contributed by atoms with Crippen LogP contribution in [-0.2, 0) is 19.6 Å². The molecule has 33 heavy (non-hydrogen) atoms. The number of morpholine rings is 1. The predicted octanol–water partition coefficient (Wildman–Crippen LogP) is 2.09. The smallest absolute Gasteiger partial charge is 0.293 e. The number of carbonyl (C=O) groups is 1. The van der Waals surface area contributed by atoms with Crippen molar-refractivity contribution in [2.45, 2.75) is 43.5 Å². The van der Waals surface area contributed by atoms with Crippen LogP contribution in [0.3, 0.4) is 0 Å². The summed E-state index contributed by atoms with van der Waals surface area (Å²) in [6.07, 6.45) is 3.59. The van der Waals surface area contributed by atoms with Gasteiger partial charge in [-0.3, -0.25) is 14.9 Å². The van der Waals surface area contributed by atoms with E-state index in [1.165, 1.54) is 29.3 Å². The zero-order chi connectivity index (χ0) is 23.8. The molecule has 1 aromatic carbocycles. The van der Waals surface area contributed by atoms with Crippen LogP contribution in [-0.4, -0.2) is 80.9 Å². The van der Waals surface area contributed by atoms with E-state index in [0.29, 0.717) is 50.8 Å². The second-order valence-electron chi connectivity index (χ2n) is 9.21. The Bertz CT molecular complexity index is 998. The van der Waals surface area contributed by atoms with E-state index in [9.17, 15) is 23.3 Å². The molecule has 11 heteroatoms. The number of rotatable bonds is 7. The summed E-state index contributed by atoms with van der Waals surface area (Å²) in [5, 5.41) is 11.8. The number of nitro benzene ring substituents is 1. The summed E-state index contributed by atoms with van der Waals surface area (Å²) in [6.45, 7) is 4.20. The summed E-state index contributed by atoms with van der Waals surface area (Å²) in [4.78, 5) is 27.9. The number of ether oxygens (including phenoxy) is 1. The van der Waals surface area contributed by atoms with Crippen molar-refractivity contribution in [3.05, 3.63) is 28.3 Å². The van der Waals surface area contributed by atoms with Crippen LogP contribution in [0.15, 0.2) is 23.1 Å². The topological polar surface area (TPSA) is 113 Å². The highest BCUT2D eigenvalue weighted by molar-refractivity contribution is 7.89. The number of sulfonamides is 1. The first kappa shape index (κ1) is 23.9. The van der Waals surface area contributed by atoms with Crippen molar-refractivity contribution < 1.29 is 22.9 Å². The molecule has 1 amide bonds. The van der Waals surface area contributed by atoms with Crippen LogP contribution in [0.4, 0.5) is 11.4 Å². The Hall–Kier alpha value is -2.24. The molecule has 1 atom stereocenters. The molecule has 2 saturated heterocycles. The van der Waals surface area contributed by atoms with Crippen molar-refractivity contribution in [3.8, 4) is 0 Å². The molecule has 1 aliphatic carbocycles. The van der Waals surface area contributed by atoms with Gasteiger partial charge in [0.25, 0.3) is 5.69 Å². The van der Waals surface area contributed by atoms with Gasteiger partial charge in [-0.25, -0.2) is 8.42 Å². The number of piperidine rings is 1. The minimum atomic E-state index is -3.83. The van der Waals surface area contributed by atoms with Gasteiger partial charge in [0.2, 0.25) is 15.9 Å². The van der Waals surface area contributed by atoms with E-state index in [4.69, 9.17) is 4.74 Å². The fourth-order valence-corrected chi connectivity index (χ4v) is 6.19. The summed E-state index contributed by atoms with van der Waals surface area (Å²) in [7, 11) is -1.95. The Morgan fingerprint density at radius 2 is 1.79 bits per heavy atom. The number of amides is 1. The van der Waals surface area contributed by atoms with Gasteiger partial charge in [0.15, 0.2) is 0 Å². The zero-order valence-corrected chi connectivity index (χ0v) is 20.0. The fourth-order valence-electron chi connectivity index (χ4n) is 4.76. The maximum Gasteiger partial charge on any atom is 0.293 e. The van der Waals surface area contributed by atoms with Gasteiger partial charge < -0.3 is 14.5 Å². The first-order valence-corrected chi connectivity index (χ1v) is 13.0. The standard InChI is InChI=1S/C22H32N4O6S/c1-16(17-3-4-17)23(2)22(27)18-7-9-24(10-8-18)20-6-5-19(15-21(20)26(28)29)33(30,31)25-11-13-32-14-12-25/h5-6,15-18H,3-4,7-14H2,1-2H3. The van der Waals surface area contributed by atoms with Crippen molar-refractivity contribution in [2.24, 2.45) is 11.8 Å². The molecule has 2 heterocycles. The van der Waals surface area contributed by atoms with Crippen LogP contribution in [0.1, 0.15) is 32.6 Å². The Kier molecular flexibility index (Phi) is 6.92. The van der Waals surface area contributed by atoms with Crippen molar-refractivity contribution in [1.29, 1.82) is 0 Å². The number of hydrogen-bond acceptors (Lipinski definition) is 7. The molecule has 0 spiro atoms. The number of nitrogens with zero attached hydrogens (tertiary/aromatic N) is 4. The Labute approximate surface area is 194 Å². The van der Waals surface area contributed by atoms with Crippen LogP contribution >= 0.6 is 0 Å². The van der Waals surface area contributed by atoms with Crippen LogP contribution < -0.4 is 4.90 Å². The maximum atomic E-state index is 12.9. The van der Waals surface area contributed by atoms with Gasteiger partial charge >= 0.3 is 0 Å². The largest absolute Gasteiger partial charge is 0.379 e. The molecular formula is C22H32N4O6S. The highest BCUT2D eigenvalue weighted by atomic mass is 32.2. The molecule has 0 aromatic heterocycles. The molecule has 0 N–H and O–H groups in total. The molecule has 4 rings (SSSR count). The van der Waals surface area contributed by atoms with Crippen LogP contribution in [0.5, 0.6) is 0 Å². The number of benzene rings is 1. The average Bonchev–Trinajstić information content (AvgIpc) is 3.68. The first-order chi connectivity index (χ1) is 15.7. The molecule has 10 nitrogen and oxygen atoms in total. The molecule has 2 aliphatic heterocycles. The lowest BCUT2D eigenvalue weighted by Gasteiger charge is -2.36. The number of carbonyl (C=O) groups excluding carboxylic acids is 1. The van der Waals surface area contributed by atoms with Crippen molar-refractivity contribution in [2.75, 3.05) is 51.3 Å². The Balaban J connectivity index is 1.47. The Morgan fingerprint density at radius 3 is 2.36 bits per heavy atom. The van der Waals surface area contributed by atoms with E-state index in [1.807, 2.05) is 16.8 Å². The molecule has 1 aromatic rings. The molecule has 1 saturated carbocycles. The lowest BCUT2D eigenvalue weighted by Crippen LogP contribution is -2.44. The lowest BCUT2D eigenvalue weighted by molar-refractivity contribution is -0.384. The van der Waals surface area contributed by atoms with Gasteiger partial charge in [-0.05, 0) is 50.7 Å².